The van der Waals surface area contributed by atoms with Crippen LogP contribution in [0.4, 0.5) is 0 Å². The average Bonchev–Trinajstić information content (AvgIpc) is 2.28. The Kier molecular flexibility index (Phi) is 5.29. The molecule has 0 aromatic carbocycles. The Morgan fingerprint density at radius 2 is 2.00 bits per heavy atom. The molecule has 1 aliphatic rings. The summed E-state index contributed by atoms with van der Waals surface area (Å²) in [6, 6.07) is 0. The minimum Gasteiger partial charge on any atom is -0.392 e. The molecule has 0 aromatic rings. The Morgan fingerprint density at radius 3 is 2.53 bits per heavy atom. The lowest BCUT2D eigenvalue weighted by Gasteiger charge is -2.29. The van der Waals surface area contributed by atoms with Crippen molar-refractivity contribution in [1.82, 2.24) is 0 Å². The van der Waals surface area contributed by atoms with Crippen molar-refractivity contribution < 1.29 is 14.6 Å². The molecular formula is C12H22O3. The molecule has 1 aliphatic heterocycles. The molecule has 0 saturated carbocycles. The number of aliphatic hydroxyl groups excluding tert-OH is 1. The van der Waals surface area contributed by atoms with Crippen molar-refractivity contribution in [3.05, 3.63) is 12.7 Å². The molecule has 1 N–H and O–H groups in total. The van der Waals surface area contributed by atoms with Gasteiger partial charge in [-0.05, 0) is 18.3 Å². The van der Waals surface area contributed by atoms with Gasteiger partial charge in [0.1, 0.15) is 0 Å². The minimum absolute atomic E-state index is 0.114. The van der Waals surface area contributed by atoms with Gasteiger partial charge < -0.3 is 14.6 Å². The van der Waals surface area contributed by atoms with Crippen molar-refractivity contribution in [2.24, 2.45) is 11.8 Å². The first-order valence-electron chi connectivity index (χ1n) is 5.69. The number of ether oxygens (including phenoxy) is 2. The van der Waals surface area contributed by atoms with Crippen LogP contribution in [0.5, 0.6) is 0 Å². The van der Waals surface area contributed by atoms with Crippen LogP contribution in [0.2, 0.25) is 0 Å². The first-order valence-corrected chi connectivity index (χ1v) is 5.69. The lowest BCUT2D eigenvalue weighted by Crippen LogP contribution is -2.32. The van der Waals surface area contributed by atoms with Gasteiger partial charge in [-0.3, -0.25) is 0 Å². The summed E-state index contributed by atoms with van der Waals surface area (Å²) in [4.78, 5) is 0. The second-order valence-electron chi connectivity index (χ2n) is 4.32. The van der Waals surface area contributed by atoms with Crippen molar-refractivity contribution in [1.29, 1.82) is 0 Å². The summed E-state index contributed by atoms with van der Waals surface area (Å²) in [5, 5.41) is 9.93. The summed E-state index contributed by atoms with van der Waals surface area (Å²) in [6.45, 7) is 9.21. The molecule has 3 atom stereocenters. The van der Waals surface area contributed by atoms with E-state index in [0.29, 0.717) is 0 Å². The van der Waals surface area contributed by atoms with Crippen molar-refractivity contribution >= 4 is 0 Å². The third-order valence-electron chi connectivity index (χ3n) is 2.95. The van der Waals surface area contributed by atoms with Gasteiger partial charge in [0, 0.05) is 6.42 Å². The van der Waals surface area contributed by atoms with Gasteiger partial charge in [-0.15, -0.1) is 6.58 Å². The maximum Gasteiger partial charge on any atom is 0.157 e. The topological polar surface area (TPSA) is 38.7 Å². The molecule has 88 valence electrons. The summed E-state index contributed by atoms with van der Waals surface area (Å²) in [5.74, 6) is 0.282. The van der Waals surface area contributed by atoms with Gasteiger partial charge in [-0.2, -0.15) is 0 Å². The van der Waals surface area contributed by atoms with Gasteiger partial charge in [0.15, 0.2) is 6.29 Å². The summed E-state index contributed by atoms with van der Waals surface area (Å²) < 4.78 is 10.9. The van der Waals surface area contributed by atoms with Crippen LogP contribution in [0, 0.1) is 11.8 Å². The first kappa shape index (κ1) is 12.7. The van der Waals surface area contributed by atoms with E-state index in [9.17, 15) is 5.11 Å². The highest BCUT2D eigenvalue weighted by molar-refractivity contribution is 4.84. The van der Waals surface area contributed by atoms with Crippen LogP contribution in [-0.4, -0.2) is 30.7 Å². The SMILES string of the molecule is C=C[C@@H](C)[C@H](O)[C@@H](C)CC1OCCCO1. The van der Waals surface area contributed by atoms with Crippen LogP contribution in [0.3, 0.4) is 0 Å². The fourth-order valence-electron chi connectivity index (χ4n) is 1.77. The van der Waals surface area contributed by atoms with Crippen molar-refractivity contribution in [3.8, 4) is 0 Å². The average molecular weight is 214 g/mol. The van der Waals surface area contributed by atoms with E-state index in [1.165, 1.54) is 0 Å². The molecule has 0 unspecified atom stereocenters. The number of rotatable bonds is 5. The molecule has 0 aromatic heterocycles. The van der Waals surface area contributed by atoms with Gasteiger partial charge in [0.05, 0.1) is 19.3 Å². The highest BCUT2D eigenvalue weighted by Gasteiger charge is 2.24. The molecule has 0 spiro atoms. The minimum atomic E-state index is -0.364. The standard InChI is InChI=1S/C12H22O3/c1-4-9(2)12(13)10(3)8-11-14-6-5-7-15-11/h4,9-13H,1,5-8H2,2-3H3/t9-,10+,12+/m1/s1. The quantitative estimate of drug-likeness (QED) is 0.711. The summed E-state index contributed by atoms with van der Waals surface area (Å²) in [6.07, 6.45) is 3.00. The number of hydrogen-bond acceptors (Lipinski definition) is 3. The van der Waals surface area contributed by atoms with E-state index in [4.69, 9.17) is 9.47 Å². The van der Waals surface area contributed by atoms with Crippen LogP contribution in [0.15, 0.2) is 12.7 Å². The van der Waals surface area contributed by atoms with E-state index >= 15 is 0 Å². The Hall–Kier alpha value is -0.380. The fraction of sp³-hybridized carbons (Fsp3) is 0.833. The molecular weight excluding hydrogens is 192 g/mol. The Morgan fingerprint density at radius 1 is 1.40 bits per heavy atom. The Labute approximate surface area is 92.1 Å². The third kappa shape index (κ3) is 3.93. The molecule has 1 saturated heterocycles. The zero-order valence-electron chi connectivity index (χ0n) is 9.69. The van der Waals surface area contributed by atoms with E-state index < -0.39 is 0 Å². The predicted molar refractivity (Wildman–Crippen MR) is 59.5 cm³/mol. The molecule has 1 heterocycles. The Bertz CT molecular complexity index is 187. The van der Waals surface area contributed by atoms with Gasteiger partial charge in [-0.25, -0.2) is 0 Å². The molecule has 0 aliphatic carbocycles. The number of hydrogen-bond donors (Lipinski definition) is 1. The zero-order valence-corrected chi connectivity index (χ0v) is 9.69. The van der Waals surface area contributed by atoms with Crippen LogP contribution >= 0.6 is 0 Å². The first-order chi connectivity index (χ1) is 7.15. The van der Waals surface area contributed by atoms with Gasteiger partial charge in [0.25, 0.3) is 0 Å². The molecule has 15 heavy (non-hydrogen) atoms. The second kappa shape index (κ2) is 6.26. The van der Waals surface area contributed by atoms with E-state index in [1.807, 2.05) is 13.8 Å². The Balaban J connectivity index is 2.32. The monoisotopic (exact) mass is 214 g/mol. The molecule has 0 amide bonds. The van der Waals surface area contributed by atoms with Gasteiger partial charge in [-0.1, -0.05) is 19.9 Å². The largest absolute Gasteiger partial charge is 0.392 e. The highest BCUT2D eigenvalue weighted by atomic mass is 16.7. The van der Waals surface area contributed by atoms with E-state index in [0.717, 1.165) is 26.1 Å². The second-order valence-corrected chi connectivity index (χ2v) is 4.32. The highest BCUT2D eigenvalue weighted by Crippen LogP contribution is 2.21. The van der Waals surface area contributed by atoms with Crippen LogP contribution in [0.25, 0.3) is 0 Å². The number of aliphatic hydroxyl groups is 1. The van der Waals surface area contributed by atoms with Gasteiger partial charge >= 0.3 is 0 Å². The van der Waals surface area contributed by atoms with Gasteiger partial charge in [0.2, 0.25) is 0 Å². The molecule has 1 rings (SSSR count). The molecule has 1 fully saturated rings. The van der Waals surface area contributed by atoms with Crippen LogP contribution in [0.1, 0.15) is 26.7 Å². The third-order valence-corrected chi connectivity index (χ3v) is 2.95. The van der Waals surface area contributed by atoms with Crippen LogP contribution < -0.4 is 0 Å². The fourth-order valence-corrected chi connectivity index (χ4v) is 1.77. The maximum atomic E-state index is 9.93. The zero-order chi connectivity index (χ0) is 11.3. The van der Waals surface area contributed by atoms with E-state index in [1.54, 1.807) is 6.08 Å². The normalized spacial score (nSPS) is 24.5. The molecule has 0 bridgehead atoms. The van der Waals surface area contributed by atoms with Crippen molar-refractivity contribution in [2.75, 3.05) is 13.2 Å². The van der Waals surface area contributed by atoms with Crippen molar-refractivity contribution in [2.45, 2.75) is 39.1 Å². The summed E-state index contributed by atoms with van der Waals surface area (Å²) >= 11 is 0. The molecule has 3 nitrogen and oxygen atoms in total. The van der Waals surface area contributed by atoms with Crippen molar-refractivity contribution in [3.63, 3.8) is 0 Å². The lowest BCUT2D eigenvalue weighted by atomic mass is 9.91. The summed E-state index contributed by atoms with van der Waals surface area (Å²) in [5.41, 5.74) is 0. The predicted octanol–water partition coefficient (Wildman–Crippen LogP) is 1.96. The van der Waals surface area contributed by atoms with E-state index in [2.05, 4.69) is 6.58 Å². The van der Waals surface area contributed by atoms with E-state index in [-0.39, 0.29) is 24.2 Å². The smallest absolute Gasteiger partial charge is 0.157 e. The maximum absolute atomic E-state index is 9.93. The van der Waals surface area contributed by atoms with Crippen LogP contribution in [-0.2, 0) is 9.47 Å². The molecule has 0 radical (unpaired) electrons. The summed E-state index contributed by atoms with van der Waals surface area (Å²) in [7, 11) is 0. The lowest BCUT2D eigenvalue weighted by molar-refractivity contribution is -0.190. The molecule has 3 heteroatoms.